The molecule has 0 aliphatic rings. The second kappa shape index (κ2) is 9.28. The molecule has 0 unspecified atom stereocenters. The minimum atomic E-state index is -0.959. The Morgan fingerprint density at radius 3 is 2.69 bits per heavy atom. The lowest BCUT2D eigenvalue weighted by Crippen LogP contribution is -2.02. The minimum Gasteiger partial charge on any atom is -0.493 e. The van der Waals surface area contributed by atoms with E-state index in [2.05, 4.69) is 18.8 Å². The molecule has 3 rings (SSSR count). The summed E-state index contributed by atoms with van der Waals surface area (Å²) in [6.45, 7) is 4.89. The van der Waals surface area contributed by atoms with E-state index in [1.165, 1.54) is 0 Å². The summed E-state index contributed by atoms with van der Waals surface area (Å²) >= 11 is 0. The number of ether oxygens (including phenoxy) is 2. The summed E-state index contributed by atoms with van der Waals surface area (Å²) in [5.41, 5.74) is 2.55. The third kappa shape index (κ3) is 5.38. The summed E-state index contributed by atoms with van der Waals surface area (Å²) in [5.74, 6) is 1.14. The van der Waals surface area contributed by atoms with E-state index >= 15 is 0 Å². The number of nitrogens with zero attached hydrogens (tertiary/aromatic N) is 1. The van der Waals surface area contributed by atoms with E-state index in [0.29, 0.717) is 46.6 Å². The van der Waals surface area contributed by atoms with Crippen LogP contribution in [0.4, 0.5) is 0 Å². The molecule has 0 bridgehead atoms. The maximum Gasteiger partial charge on any atom is 0.308 e. The predicted molar refractivity (Wildman–Crippen MR) is 112 cm³/mol. The van der Waals surface area contributed by atoms with Crippen LogP contribution >= 0.6 is 0 Å². The zero-order valence-electron chi connectivity index (χ0n) is 16.8. The van der Waals surface area contributed by atoms with Gasteiger partial charge in [-0.15, -0.1) is 0 Å². The smallest absolute Gasteiger partial charge is 0.308 e. The molecule has 0 aliphatic heterocycles. The van der Waals surface area contributed by atoms with Crippen LogP contribution in [0.15, 0.2) is 46.9 Å². The van der Waals surface area contributed by atoms with Gasteiger partial charge >= 0.3 is 5.97 Å². The summed E-state index contributed by atoms with van der Waals surface area (Å²) in [4.78, 5) is 15.8. The monoisotopic (exact) mass is 395 g/mol. The van der Waals surface area contributed by atoms with Gasteiger partial charge in [0.25, 0.3) is 0 Å². The molecule has 0 amide bonds. The summed E-state index contributed by atoms with van der Waals surface area (Å²) in [7, 11) is 1.58. The van der Waals surface area contributed by atoms with E-state index < -0.39 is 5.97 Å². The molecule has 0 fully saturated rings. The molecule has 0 radical (unpaired) electrons. The Kier molecular flexibility index (Phi) is 6.54. The third-order valence-electron chi connectivity index (χ3n) is 4.39. The topological polar surface area (TPSA) is 81.8 Å². The number of methoxy groups -OCH3 is 1. The van der Waals surface area contributed by atoms with Crippen molar-refractivity contribution in [2.45, 2.75) is 26.7 Å². The van der Waals surface area contributed by atoms with Gasteiger partial charge in [-0.2, -0.15) is 0 Å². The van der Waals surface area contributed by atoms with Gasteiger partial charge in [0.2, 0.25) is 5.89 Å². The molecular formula is C23H25NO5. The second-order valence-corrected chi connectivity index (χ2v) is 7.17. The first-order chi connectivity index (χ1) is 14.0. The van der Waals surface area contributed by atoms with Crippen molar-refractivity contribution < 1.29 is 23.8 Å². The second-order valence-electron chi connectivity index (χ2n) is 7.17. The third-order valence-corrected chi connectivity index (χ3v) is 4.39. The van der Waals surface area contributed by atoms with Gasteiger partial charge in [0.1, 0.15) is 5.52 Å². The van der Waals surface area contributed by atoms with Gasteiger partial charge in [0.05, 0.1) is 20.1 Å². The number of benzene rings is 2. The Bertz CT molecular complexity index is 986. The highest BCUT2D eigenvalue weighted by atomic mass is 16.5. The Morgan fingerprint density at radius 1 is 1.21 bits per heavy atom. The van der Waals surface area contributed by atoms with Crippen LogP contribution in [0.2, 0.25) is 0 Å². The lowest BCUT2D eigenvalue weighted by molar-refractivity contribution is -0.135. The fourth-order valence-corrected chi connectivity index (χ4v) is 2.86. The van der Waals surface area contributed by atoms with Crippen molar-refractivity contribution in [3.8, 4) is 11.5 Å². The number of carbonyl (C=O) groups is 1. The lowest BCUT2D eigenvalue weighted by Gasteiger charge is -2.12. The molecule has 3 aromatic rings. The fourth-order valence-electron chi connectivity index (χ4n) is 2.86. The average Bonchev–Trinajstić information content (AvgIpc) is 3.12. The van der Waals surface area contributed by atoms with Crippen LogP contribution in [-0.2, 0) is 4.79 Å². The van der Waals surface area contributed by atoms with E-state index in [4.69, 9.17) is 13.9 Å². The molecule has 6 nitrogen and oxygen atoms in total. The van der Waals surface area contributed by atoms with Crippen LogP contribution in [0.1, 0.15) is 38.1 Å². The molecule has 1 heterocycles. The van der Waals surface area contributed by atoms with Gasteiger partial charge in [-0.25, -0.2) is 4.98 Å². The maximum atomic E-state index is 11.4. The molecule has 0 aliphatic carbocycles. The van der Waals surface area contributed by atoms with E-state index in [1.807, 2.05) is 36.4 Å². The van der Waals surface area contributed by atoms with Crippen molar-refractivity contribution in [2.24, 2.45) is 5.92 Å². The Hall–Kier alpha value is -3.28. The van der Waals surface area contributed by atoms with Gasteiger partial charge in [0, 0.05) is 5.57 Å². The summed E-state index contributed by atoms with van der Waals surface area (Å²) in [5, 5.41) is 9.33. The number of fused-ring (bicyclic) bond motifs is 1. The van der Waals surface area contributed by atoms with Crippen LogP contribution in [0, 0.1) is 5.92 Å². The SMILES string of the molecule is COc1cc(/C=C(\CC(=O)O)c2nc3ccccc3o2)ccc1OCCC(C)C. The van der Waals surface area contributed by atoms with E-state index in [1.54, 1.807) is 19.3 Å². The van der Waals surface area contributed by atoms with Gasteiger partial charge < -0.3 is 19.0 Å². The zero-order valence-corrected chi connectivity index (χ0v) is 16.8. The first-order valence-corrected chi connectivity index (χ1v) is 9.55. The first kappa shape index (κ1) is 20.5. The molecule has 1 N–H and O–H groups in total. The van der Waals surface area contributed by atoms with Gasteiger partial charge in [-0.1, -0.05) is 32.0 Å². The van der Waals surface area contributed by atoms with Crippen LogP contribution in [0.3, 0.4) is 0 Å². The predicted octanol–water partition coefficient (Wildman–Crippen LogP) is 5.28. The van der Waals surface area contributed by atoms with E-state index in [9.17, 15) is 9.90 Å². The van der Waals surface area contributed by atoms with Crippen LogP contribution in [-0.4, -0.2) is 29.8 Å². The van der Waals surface area contributed by atoms with Crippen LogP contribution < -0.4 is 9.47 Å². The Morgan fingerprint density at radius 2 is 2.00 bits per heavy atom. The molecule has 0 saturated heterocycles. The zero-order chi connectivity index (χ0) is 20.8. The number of hydrogen-bond acceptors (Lipinski definition) is 5. The number of rotatable bonds is 9. The number of hydrogen-bond donors (Lipinski definition) is 1. The number of para-hydroxylation sites is 2. The highest BCUT2D eigenvalue weighted by molar-refractivity contribution is 5.91. The van der Waals surface area contributed by atoms with E-state index in [-0.39, 0.29) is 6.42 Å². The molecule has 152 valence electrons. The van der Waals surface area contributed by atoms with Gasteiger partial charge in [-0.3, -0.25) is 4.79 Å². The minimum absolute atomic E-state index is 0.207. The van der Waals surface area contributed by atoms with Crippen molar-refractivity contribution in [1.82, 2.24) is 4.98 Å². The number of carboxylic acid groups (broad SMARTS) is 1. The van der Waals surface area contributed by atoms with Crippen molar-refractivity contribution >= 4 is 28.7 Å². The van der Waals surface area contributed by atoms with E-state index in [0.717, 1.165) is 12.0 Å². The number of carboxylic acids is 1. The van der Waals surface area contributed by atoms with Crippen molar-refractivity contribution in [1.29, 1.82) is 0 Å². The van der Waals surface area contributed by atoms with Crippen molar-refractivity contribution in [3.05, 3.63) is 53.9 Å². The van der Waals surface area contributed by atoms with Crippen LogP contribution in [0.5, 0.6) is 11.5 Å². The molecule has 2 aromatic carbocycles. The summed E-state index contributed by atoms with van der Waals surface area (Å²) in [6, 6.07) is 12.8. The molecule has 6 heteroatoms. The molecule has 29 heavy (non-hydrogen) atoms. The normalized spacial score (nSPS) is 11.8. The summed E-state index contributed by atoms with van der Waals surface area (Å²) in [6.07, 6.45) is 2.49. The number of oxazole rings is 1. The summed E-state index contributed by atoms with van der Waals surface area (Å²) < 4.78 is 17.0. The van der Waals surface area contributed by atoms with Crippen molar-refractivity contribution in [2.75, 3.05) is 13.7 Å². The standard InChI is InChI=1S/C23H25NO5/c1-15(2)10-11-28-20-9-8-16(13-21(20)27-3)12-17(14-22(25)26)23-24-18-6-4-5-7-19(18)29-23/h4-9,12-13,15H,10-11,14H2,1-3H3,(H,25,26)/b17-12+. The molecule has 0 spiro atoms. The largest absolute Gasteiger partial charge is 0.493 e. The lowest BCUT2D eigenvalue weighted by atomic mass is 10.1. The molecular weight excluding hydrogens is 370 g/mol. The molecule has 0 atom stereocenters. The van der Waals surface area contributed by atoms with Gasteiger partial charge in [0.15, 0.2) is 17.1 Å². The van der Waals surface area contributed by atoms with Crippen LogP contribution in [0.25, 0.3) is 22.7 Å². The molecule has 1 aromatic heterocycles. The Labute approximate surface area is 169 Å². The average molecular weight is 395 g/mol. The first-order valence-electron chi connectivity index (χ1n) is 9.55. The van der Waals surface area contributed by atoms with Crippen molar-refractivity contribution in [3.63, 3.8) is 0 Å². The Balaban J connectivity index is 1.91. The quantitative estimate of drug-likeness (QED) is 0.531. The fraction of sp³-hybridized carbons (Fsp3) is 0.304. The maximum absolute atomic E-state index is 11.4. The molecule has 0 saturated carbocycles. The highest BCUT2D eigenvalue weighted by Crippen LogP contribution is 2.31. The number of aromatic nitrogens is 1. The van der Waals surface area contributed by atoms with Gasteiger partial charge in [-0.05, 0) is 48.2 Å². The highest BCUT2D eigenvalue weighted by Gasteiger charge is 2.15. The number of aliphatic carboxylic acids is 1.